The first-order valence-electron chi connectivity index (χ1n) is 5.87. The molecule has 0 aliphatic carbocycles. The first-order valence-corrected chi connectivity index (χ1v) is 7.55. The van der Waals surface area contributed by atoms with Crippen molar-refractivity contribution in [2.24, 2.45) is 5.84 Å². The predicted molar refractivity (Wildman–Crippen MR) is 78.6 cm³/mol. The molecule has 0 saturated carbocycles. The molecule has 0 spiro atoms. The summed E-state index contributed by atoms with van der Waals surface area (Å²) in [6.07, 6.45) is 0. The Kier molecular flexibility index (Phi) is 3.74. The molecule has 2 aromatic rings. The van der Waals surface area contributed by atoms with Crippen molar-refractivity contribution in [2.75, 3.05) is 13.2 Å². The number of fused-ring (bicyclic) bond motifs is 1. The molecule has 0 amide bonds. The molecule has 3 N–H and O–H groups in total. The van der Waals surface area contributed by atoms with Crippen molar-refractivity contribution in [3.05, 3.63) is 44.6 Å². The van der Waals surface area contributed by atoms with Gasteiger partial charge in [-0.3, -0.25) is 5.84 Å². The molecular weight excluding hydrogens is 328 g/mol. The molecule has 1 aromatic carbocycles. The molecule has 100 valence electrons. The van der Waals surface area contributed by atoms with Gasteiger partial charge >= 0.3 is 0 Å². The first-order chi connectivity index (χ1) is 9.28. The summed E-state index contributed by atoms with van der Waals surface area (Å²) in [5, 5.41) is 2.07. The minimum absolute atomic E-state index is 0.0571. The average molecular weight is 341 g/mol. The molecule has 1 aliphatic heterocycles. The second-order valence-electron chi connectivity index (χ2n) is 4.19. The summed E-state index contributed by atoms with van der Waals surface area (Å²) in [7, 11) is 0. The van der Waals surface area contributed by atoms with Crippen LogP contribution < -0.4 is 20.7 Å². The maximum Gasteiger partial charge on any atom is 0.161 e. The topological polar surface area (TPSA) is 56.5 Å². The summed E-state index contributed by atoms with van der Waals surface area (Å²) in [6, 6.07) is 7.91. The molecule has 4 nitrogen and oxygen atoms in total. The van der Waals surface area contributed by atoms with Crippen molar-refractivity contribution < 1.29 is 9.47 Å². The van der Waals surface area contributed by atoms with E-state index in [1.807, 2.05) is 18.2 Å². The van der Waals surface area contributed by atoms with E-state index in [1.165, 1.54) is 0 Å². The number of benzene rings is 1. The Labute approximate surface area is 123 Å². The summed E-state index contributed by atoms with van der Waals surface area (Å²) in [5.41, 5.74) is 5.02. The number of rotatable bonds is 3. The van der Waals surface area contributed by atoms with Crippen molar-refractivity contribution in [3.8, 4) is 11.5 Å². The molecule has 3 rings (SSSR count). The van der Waals surface area contributed by atoms with Gasteiger partial charge in [-0.15, -0.1) is 11.3 Å². The van der Waals surface area contributed by atoms with Crippen molar-refractivity contribution in [1.29, 1.82) is 0 Å². The lowest BCUT2D eigenvalue weighted by atomic mass is 10.0. The van der Waals surface area contributed by atoms with Gasteiger partial charge in [0.05, 0.1) is 9.83 Å². The highest BCUT2D eigenvalue weighted by Crippen LogP contribution is 2.35. The Morgan fingerprint density at radius 1 is 1.16 bits per heavy atom. The fourth-order valence-corrected chi connectivity index (χ4v) is 3.30. The number of hydrogen-bond donors (Lipinski definition) is 2. The van der Waals surface area contributed by atoms with Gasteiger partial charge in [-0.25, -0.2) is 5.43 Å². The van der Waals surface area contributed by atoms with E-state index in [1.54, 1.807) is 11.3 Å². The van der Waals surface area contributed by atoms with Crippen LogP contribution in [0.2, 0.25) is 0 Å². The quantitative estimate of drug-likeness (QED) is 0.666. The van der Waals surface area contributed by atoms with Gasteiger partial charge in [0.25, 0.3) is 0 Å². The zero-order chi connectivity index (χ0) is 13.2. The largest absolute Gasteiger partial charge is 0.486 e. The summed E-state index contributed by atoms with van der Waals surface area (Å²) in [4.78, 5) is 0. The van der Waals surface area contributed by atoms with Gasteiger partial charge < -0.3 is 9.47 Å². The van der Waals surface area contributed by atoms with Crippen LogP contribution in [0, 0.1) is 0 Å². The zero-order valence-corrected chi connectivity index (χ0v) is 12.5. The van der Waals surface area contributed by atoms with Gasteiger partial charge in [0, 0.05) is 0 Å². The van der Waals surface area contributed by atoms with Crippen LogP contribution >= 0.6 is 27.3 Å². The number of hydrogen-bond acceptors (Lipinski definition) is 5. The second kappa shape index (κ2) is 5.50. The smallest absolute Gasteiger partial charge is 0.161 e. The number of halogens is 1. The van der Waals surface area contributed by atoms with Crippen LogP contribution in [-0.2, 0) is 0 Å². The molecule has 1 aromatic heterocycles. The molecule has 1 unspecified atom stereocenters. The highest BCUT2D eigenvalue weighted by Gasteiger charge is 2.18. The van der Waals surface area contributed by atoms with Gasteiger partial charge in [-0.2, -0.15) is 0 Å². The molecular formula is C13H13BrN2O2S. The molecule has 1 aliphatic rings. The number of hydrazine groups is 1. The Morgan fingerprint density at radius 3 is 2.63 bits per heavy atom. The van der Waals surface area contributed by atoms with Crippen molar-refractivity contribution in [2.45, 2.75) is 6.04 Å². The van der Waals surface area contributed by atoms with Crippen LogP contribution in [0.15, 0.2) is 33.4 Å². The van der Waals surface area contributed by atoms with E-state index < -0.39 is 0 Å². The first kappa shape index (κ1) is 12.9. The van der Waals surface area contributed by atoms with E-state index in [4.69, 9.17) is 15.3 Å². The minimum atomic E-state index is -0.0571. The summed E-state index contributed by atoms with van der Waals surface area (Å²) < 4.78 is 12.2. The summed E-state index contributed by atoms with van der Waals surface area (Å²) >= 11 is 5.10. The number of ether oxygens (including phenoxy) is 2. The highest BCUT2D eigenvalue weighted by molar-refractivity contribution is 9.11. The lowest BCUT2D eigenvalue weighted by Crippen LogP contribution is -2.28. The van der Waals surface area contributed by atoms with Gasteiger partial charge in [0.2, 0.25) is 0 Å². The molecule has 0 bridgehead atoms. The Bertz CT molecular complexity index is 588. The zero-order valence-electron chi connectivity index (χ0n) is 10.1. The van der Waals surface area contributed by atoms with Crippen LogP contribution in [0.4, 0.5) is 0 Å². The number of nitrogens with two attached hydrogens (primary N) is 1. The van der Waals surface area contributed by atoms with Crippen LogP contribution in [-0.4, -0.2) is 13.2 Å². The van der Waals surface area contributed by atoms with Crippen LogP contribution in [0.5, 0.6) is 11.5 Å². The summed E-state index contributed by atoms with van der Waals surface area (Å²) in [5.74, 6) is 7.25. The second-order valence-corrected chi connectivity index (χ2v) is 6.48. The van der Waals surface area contributed by atoms with Gasteiger partial charge in [-0.1, -0.05) is 6.07 Å². The normalized spacial score (nSPS) is 15.3. The Balaban J connectivity index is 1.95. The molecule has 0 radical (unpaired) electrons. The monoisotopic (exact) mass is 340 g/mol. The molecule has 6 heteroatoms. The fourth-order valence-electron chi connectivity index (χ4n) is 2.10. The van der Waals surface area contributed by atoms with E-state index in [9.17, 15) is 0 Å². The van der Waals surface area contributed by atoms with Crippen molar-refractivity contribution >= 4 is 27.3 Å². The third-order valence-corrected chi connectivity index (χ3v) is 4.51. The SMILES string of the molecule is NNC(c1csc(Br)c1)c1ccc2c(c1)OCCO2. The molecule has 2 heterocycles. The molecule has 0 saturated heterocycles. The standard InChI is InChI=1S/C13H13BrN2O2S/c14-12-6-9(7-19-12)13(16-15)8-1-2-10-11(5-8)18-4-3-17-10/h1-2,5-7,13,16H,3-4,15H2. The van der Waals surface area contributed by atoms with Gasteiger partial charge in [0.1, 0.15) is 13.2 Å². The predicted octanol–water partition coefficient (Wildman–Crippen LogP) is 2.83. The highest BCUT2D eigenvalue weighted by atomic mass is 79.9. The van der Waals surface area contributed by atoms with Gasteiger partial charge in [-0.05, 0) is 50.6 Å². The Morgan fingerprint density at radius 2 is 1.95 bits per heavy atom. The molecule has 1 atom stereocenters. The average Bonchev–Trinajstić information content (AvgIpc) is 2.86. The maximum absolute atomic E-state index is 5.69. The molecule has 19 heavy (non-hydrogen) atoms. The van der Waals surface area contributed by atoms with Gasteiger partial charge in [0.15, 0.2) is 11.5 Å². The van der Waals surface area contributed by atoms with E-state index >= 15 is 0 Å². The van der Waals surface area contributed by atoms with Crippen LogP contribution in [0.25, 0.3) is 0 Å². The van der Waals surface area contributed by atoms with E-state index in [-0.39, 0.29) is 6.04 Å². The lowest BCUT2D eigenvalue weighted by molar-refractivity contribution is 0.171. The van der Waals surface area contributed by atoms with E-state index in [0.29, 0.717) is 13.2 Å². The Hall–Kier alpha value is -1.08. The summed E-state index contributed by atoms with van der Waals surface area (Å²) in [6.45, 7) is 1.18. The lowest BCUT2D eigenvalue weighted by Gasteiger charge is -2.21. The number of nitrogens with one attached hydrogen (secondary N) is 1. The van der Waals surface area contributed by atoms with Crippen molar-refractivity contribution in [3.63, 3.8) is 0 Å². The van der Waals surface area contributed by atoms with Crippen LogP contribution in [0.1, 0.15) is 17.2 Å². The fraction of sp³-hybridized carbons (Fsp3) is 0.231. The minimum Gasteiger partial charge on any atom is -0.486 e. The number of thiophene rings is 1. The maximum atomic E-state index is 5.69. The van der Waals surface area contributed by atoms with Crippen molar-refractivity contribution in [1.82, 2.24) is 5.43 Å². The van der Waals surface area contributed by atoms with E-state index in [0.717, 1.165) is 26.4 Å². The van der Waals surface area contributed by atoms with E-state index in [2.05, 4.69) is 32.8 Å². The van der Waals surface area contributed by atoms with Crippen LogP contribution in [0.3, 0.4) is 0 Å². The molecule has 0 fully saturated rings. The third-order valence-electron chi connectivity index (χ3n) is 2.99. The third kappa shape index (κ3) is 2.62.